The lowest BCUT2D eigenvalue weighted by Gasteiger charge is -2.30. The number of thiazole rings is 1. The van der Waals surface area contributed by atoms with Gasteiger partial charge >= 0.3 is 0 Å². The monoisotopic (exact) mass is 336 g/mol. The van der Waals surface area contributed by atoms with Crippen molar-refractivity contribution in [2.24, 2.45) is 0 Å². The van der Waals surface area contributed by atoms with Crippen LogP contribution in [0.1, 0.15) is 32.4 Å². The van der Waals surface area contributed by atoms with Crippen molar-refractivity contribution in [2.75, 3.05) is 6.54 Å². The van der Waals surface area contributed by atoms with Gasteiger partial charge in [-0.2, -0.15) is 0 Å². The van der Waals surface area contributed by atoms with Crippen molar-refractivity contribution in [3.05, 3.63) is 64.4 Å². The van der Waals surface area contributed by atoms with Crippen LogP contribution in [0.5, 0.6) is 0 Å². The summed E-state index contributed by atoms with van der Waals surface area (Å²) in [5.41, 5.74) is 3.44. The second-order valence-corrected chi connectivity index (χ2v) is 6.81. The first kappa shape index (κ1) is 15.0. The fraction of sp³-hybridized carbons (Fsp3) is 0.222. The summed E-state index contributed by atoms with van der Waals surface area (Å²) in [5, 5.41) is 3.71. The van der Waals surface area contributed by atoms with Gasteiger partial charge in [0.1, 0.15) is 4.88 Å². The van der Waals surface area contributed by atoms with Gasteiger partial charge < -0.3 is 5.32 Å². The number of nitrogens with zero attached hydrogens (tertiary/aromatic N) is 3. The van der Waals surface area contributed by atoms with E-state index in [1.807, 2.05) is 13.0 Å². The first-order chi connectivity index (χ1) is 11.7. The number of benzene rings is 1. The summed E-state index contributed by atoms with van der Waals surface area (Å²) in [6.07, 6.45) is 4.38. The largest absolute Gasteiger partial charge is 0.351 e. The van der Waals surface area contributed by atoms with E-state index in [9.17, 15) is 4.79 Å². The van der Waals surface area contributed by atoms with Gasteiger partial charge in [-0.1, -0.05) is 24.3 Å². The summed E-state index contributed by atoms with van der Waals surface area (Å²) in [6, 6.07) is 10.1. The molecule has 0 saturated heterocycles. The second kappa shape index (κ2) is 6.13. The second-order valence-electron chi connectivity index (χ2n) is 5.82. The maximum Gasteiger partial charge on any atom is 0.263 e. The van der Waals surface area contributed by atoms with Crippen molar-refractivity contribution in [2.45, 2.75) is 19.3 Å². The van der Waals surface area contributed by atoms with E-state index in [-0.39, 0.29) is 5.91 Å². The first-order valence-electron chi connectivity index (χ1n) is 7.83. The molecule has 1 N–H and O–H groups in total. The van der Waals surface area contributed by atoms with E-state index in [0.717, 1.165) is 6.42 Å². The lowest BCUT2D eigenvalue weighted by Crippen LogP contribution is -2.33. The van der Waals surface area contributed by atoms with Crippen molar-refractivity contribution in [1.29, 1.82) is 0 Å². The first-order valence-corrected chi connectivity index (χ1v) is 8.65. The molecular weight excluding hydrogens is 320 g/mol. The van der Waals surface area contributed by atoms with Crippen LogP contribution in [-0.4, -0.2) is 27.4 Å². The molecule has 4 rings (SSSR count). The molecule has 0 aliphatic heterocycles. The predicted molar refractivity (Wildman–Crippen MR) is 93.1 cm³/mol. The number of hydrogen-bond donors (Lipinski definition) is 1. The summed E-state index contributed by atoms with van der Waals surface area (Å²) in [5.74, 6) is 0.893. The number of fused-ring (bicyclic) bond motifs is 1. The summed E-state index contributed by atoms with van der Waals surface area (Å²) in [6.45, 7) is 2.50. The van der Waals surface area contributed by atoms with Gasteiger partial charge in [0.05, 0.1) is 5.69 Å². The van der Waals surface area contributed by atoms with Gasteiger partial charge in [-0.05, 0) is 30.5 Å². The fourth-order valence-corrected chi connectivity index (χ4v) is 3.88. The summed E-state index contributed by atoms with van der Waals surface area (Å²) in [4.78, 5) is 25.9. The molecule has 6 heteroatoms. The van der Waals surface area contributed by atoms with Crippen LogP contribution in [0, 0.1) is 6.92 Å². The standard InChI is InChI=1S/C18H16N4OS/c1-11-15(24-18(22-11)16-19-7-4-8-20-16)17(23)21-10-13-9-12-5-2-3-6-14(12)13/h2-8,13H,9-10H2,1H3,(H,21,23)/t13-/m0/s1. The molecule has 1 aliphatic rings. The highest BCUT2D eigenvalue weighted by atomic mass is 32.1. The number of nitrogens with one attached hydrogen (secondary N) is 1. The average molecular weight is 336 g/mol. The van der Waals surface area contributed by atoms with E-state index in [4.69, 9.17) is 0 Å². The molecule has 120 valence electrons. The number of rotatable bonds is 4. The number of amides is 1. The summed E-state index contributed by atoms with van der Waals surface area (Å²) < 4.78 is 0. The Balaban J connectivity index is 1.45. The van der Waals surface area contributed by atoms with E-state index in [0.29, 0.717) is 33.9 Å². The molecule has 0 unspecified atom stereocenters. The van der Waals surface area contributed by atoms with Crippen LogP contribution in [0.4, 0.5) is 0 Å². The molecule has 1 aromatic carbocycles. The van der Waals surface area contributed by atoms with Gasteiger partial charge in [0.15, 0.2) is 10.8 Å². The third-order valence-electron chi connectivity index (χ3n) is 4.23. The Morgan fingerprint density at radius 2 is 2.04 bits per heavy atom. The van der Waals surface area contributed by atoms with Crippen molar-refractivity contribution >= 4 is 17.2 Å². The van der Waals surface area contributed by atoms with Gasteiger partial charge in [-0.15, -0.1) is 11.3 Å². The molecule has 0 bridgehead atoms. The van der Waals surface area contributed by atoms with E-state index < -0.39 is 0 Å². The minimum atomic E-state index is -0.0726. The normalized spacial score (nSPS) is 15.5. The Labute approximate surface area is 143 Å². The molecule has 0 fully saturated rings. The lowest BCUT2D eigenvalue weighted by atomic mass is 9.77. The molecule has 3 aromatic rings. The van der Waals surface area contributed by atoms with Crippen LogP contribution >= 0.6 is 11.3 Å². The molecule has 0 saturated carbocycles. The average Bonchev–Trinajstić information content (AvgIpc) is 2.98. The maximum atomic E-state index is 12.5. The zero-order valence-corrected chi connectivity index (χ0v) is 14.0. The van der Waals surface area contributed by atoms with Crippen LogP contribution in [0.3, 0.4) is 0 Å². The highest BCUT2D eigenvalue weighted by Crippen LogP contribution is 2.34. The zero-order chi connectivity index (χ0) is 16.5. The van der Waals surface area contributed by atoms with Crippen molar-refractivity contribution < 1.29 is 4.79 Å². The minimum absolute atomic E-state index is 0.0726. The molecular formula is C18H16N4OS. The fourth-order valence-electron chi connectivity index (χ4n) is 2.95. The number of aryl methyl sites for hydroxylation is 1. The van der Waals surface area contributed by atoms with Crippen molar-refractivity contribution in [3.63, 3.8) is 0 Å². The van der Waals surface area contributed by atoms with Gasteiger partial charge in [0, 0.05) is 24.9 Å². The smallest absolute Gasteiger partial charge is 0.263 e. The van der Waals surface area contributed by atoms with Crippen LogP contribution in [0.25, 0.3) is 10.8 Å². The Morgan fingerprint density at radius 1 is 1.25 bits per heavy atom. The Bertz CT molecular complexity index is 891. The Hall–Kier alpha value is -2.60. The molecule has 0 spiro atoms. The quantitative estimate of drug-likeness (QED) is 0.795. The Kier molecular flexibility index (Phi) is 3.82. The lowest BCUT2D eigenvalue weighted by molar-refractivity contribution is 0.0953. The van der Waals surface area contributed by atoms with E-state index in [2.05, 4.69) is 38.5 Å². The van der Waals surface area contributed by atoms with Crippen LogP contribution in [0.2, 0.25) is 0 Å². The summed E-state index contributed by atoms with van der Waals surface area (Å²) in [7, 11) is 0. The van der Waals surface area contributed by atoms with E-state index >= 15 is 0 Å². The number of carbonyl (C=O) groups is 1. The molecule has 2 heterocycles. The van der Waals surface area contributed by atoms with Gasteiger partial charge in [0.2, 0.25) is 0 Å². The SMILES string of the molecule is Cc1nc(-c2ncccn2)sc1C(=O)NC[C@@H]1Cc2ccccc21. The number of aromatic nitrogens is 3. The molecule has 5 nitrogen and oxygen atoms in total. The van der Waals surface area contributed by atoms with Gasteiger partial charge in [0.25, 0.3) is 5.91 Å². The number of hydrogen-bond acceptors (Lipinski definition) is 5. The minimum Gasteiger partial charge on any atom is -0.351 e. The third-order valence-corrected chi connectivity index (χ3v) is 5.38. The molecule has 1 atom stereocenters. The summed E-state index contributed by atoms with van der Waals surface area (Å²) >= 11 is 1.34. The Morgan fingerprint density at radius 3 is 2.83 bits per heavy atom. The highest BCUT2D eigenvalue weighted by molar-refractivity contribution is 7.17. The topological polar surface area (TPSA) is 67.8 Å². The zero-order valence-electron chi connectivity index (χ0n) is 13.2. The van der Waals surface area contributed by atoms with Crippen LogP contribution in [0.15, 0.2) is 42.7 Å². The van der Waals surface area contributed by atoms with Crippen LogP contribution < -0.4 is 5.32 Å². The van der Waals surface area contributed by atoms with Crippen molar-refractivity contribution in [3.8, 4) is 10.8 Å². The van der Waals surface area contributed by atoms with Gasteiger partial charge in [-0.25, -0.2) is 15.0 Å². The third kappa shape index (κ3) is 2.69. The number of carbonyl (C=O) groups excluding carboxylic acids is 1. The van der Waals surface area contributed by atoms with E-state index in [1.165, 1.54) is 22.5 Å². The molecule has 24 heavy (non-hydrogen) atoms. The van der Waals surface area contributed by atoms with Crippen LogP contribution in [-0.2, 0) is 6.42 Å². The van der Waals surface area contributed by atoms with E-state index in [1.54, 1.807) is 18.5 Å². The molecule has 2 aromatic heterocycles. The molecule has 0 radical (unpaired) electrons. The van der Waals surface area contributed by atoms with Crippen molar-refractivity contribution in [1.82, 2.24) is 20.3 Å². The predicted octanol–water partition coefficient (Wildman–Crippen LogP) is 2.98. The maximum absolute atomic E-state index is 12.5. The van der Waals surface area contributed by atoms with Gasteiger partial charge in [-0.3, -0.25) is 4.79 Å². The molecule has 1 aliphatic carbocycles. The highest BCUT2D eigenvalue weighted by Gasteiger charge is 2.26. The molecule has 1 amide bonds.